The van der Waals surface area contributed by atoms with Crippen molar-refractivity contribution in [2.75, 3.05) is 18.5 Å². The molecule has 9 nitrogen and oxygen atoms in total. The van der Waals surface area contributed by atoms with Crippen molar-refractivity contribution in [3.8, 4) is 0 Å². The molecular formula is C20H21F3N6O3. The minimum absolute atomic E-state index is 0.0138. The number of rotatable bonds is 5. The number of nitrogens with one attached hydrogen (secondary N) is 2. The number of aromatic nitrogens is 4. The van der Waals surface area contributed by atoms with Crippen molar-refractivity contribution < 1.29 is 22.7 Å². The number of nitrogens with zero attached hydrogens (tertiary/aromatic N) is 4. The number of anilines is 2. The lowest BCUT2D eigenvalue weighted by Crippen LogP contribution is -2.41. The number of benzene rings is 1. The summed E-state index contributed by atoms with van der Waals surface area (Å²) in [5.41, 5.74) is -0.444. The van der Waals surface area contributed by atoms with Gasteiger partial charge in [0.1, 0.15) is 12.1 Å². The zero-order chi connectivity index (χ0) is 22.9. The topological polar surface area (TPSA) is 103 Å². The summed E-state index contributed by atoms with van der Waals surface area (Å²) in [6, 6.07) is 4.45. The van der Waals surface area contributed by atoms with Crippen LogP contribution in [0.4, 0.5) is 24.7 Å². The first-order valence-electron chi connectivity index (χ1n) is 9.96. The number of aryl methyl sites for hydroxylation is 1. The van der Waals surface area contributed by atoms with E-state index < -0.39 is 17.3 Å². The van der Waals surface area contributed by atoms with Crippen LogP contribution >= 0.6 is 0 Å². The molecule has 0 atom stereocenters. The van der Waals surface area contributed by atoms with E-state index in [2.05, 4.69) is 20.7 Å². The number of halogens is 3. The van der Waals surface area contributed by atoms with Crippen LogP contribution in [0.15, 0.2) is 35.4 Å². The lowest BCUT2D eigenvalue weighted by atomic mass is 10.1. The summed E-state index contributed by atoms with van der Waals surface area (Å²) in [6.45, 7) is 0.982. The fourth-order valence-electron chi connectivity index (χ4n) is 3.54. The molecule has 1 aliphatic rings. The number of carbonyl (C=O) groups is 1. The second-order valence-electron chi connectivity index (χ2n) is 7.50. The van der Waals surface area contributed by atoms with Crippen LogP contribution in [-0.2, 0) is 29.3 Å². The maximum Gasteiger partial charge on any atom is 0.416 e. The summed E-state index contributed by atoms with van der Waals surface area (Å²) < 4.78 is 46.0. The van der Waals surface area contributed by atoms with Gasteiger partial charge < -0.3 is 15.4 Å². The van der Waals surface area contributed by atoms with Crippen LogP contribution in [0.2, 0.25) is 0 Å². The van der Waals surface area contributed by atoms with Gasteiger partial charge in [-0.15, -0.1) is 0 Å². The van der Waals surface area contributed by atoms with E-state index in [1.807, 2.05) is 0 Å². The van der Waals surface area contributed by atoms with Gasteiger partial charge in [-0.05, 0) is 37.1 Å². The van der Waals surface area contributed by atoms with Gasteiger partial charge in [0, 0.05) is 32.0 Å². The zero-order valence-corrected chi connectivity index (χ0v) is 17.1. The fourth-order valence-corrected chi connectivity index (χ4v) is 3.54. The van der Waals surface area contributed by atoms with Crippen LogP contribution in [0, 0.1) is 0 Å². The van der Waals surface area contributed by atoms with E-state index in [1.54, 1.807) is 7.05 Å². The Kier molecular flexibility index (Phi) is 5.87. The average Bonchev–Trinajstić information content (AvgIpc) is 3.06. The molecule has 32 heavy (non-hydrogen) atoms. The van der Waals surface area contributed by atoms with Gasteiger partial charge in [-0.1, -0.05) is 0 Å². The molecule has 0 aliphatic carbocycles. The predicted octanol–water partition coefficient (Wildman–Crippen LogP) is 2.19. The van der Waals surface area contributed by atoms with Gasteiger partial charge >= 0.3 is 6.18 Å². The third-order valence-corrected chi connectivity index (χ3v) is 5.19. The summed E-state index contributed by atoms with van der Waals surface area (Å²) in [5.74, 6) is -0.0800. The van der Waals surface area contributed by atoms with Crippen LogP contribution < -0.4 is 16.2 Å². The summed E-state index contributed by atoms with van der Waals surface area (Å²) in [4.78, 5) is 29.5. The first-order chi connectivity index (χ1) is 15.2. The van der Waals surface area contributed by atoms with Gasteiger partial charge in [-0.2, -0.15) is 18.3 Å². The van der Waals surface area contributed by atoms with Crippen molar-refractivity contribution in [3.05, 3.63) is 46.5 Å². The molecule has 3 aromatic rings. The van der Waals surface area contributed by atoms with Gasteiger partial charge in [0.05, 0.1) is 11.9 Å². The third-order valence-electron chi connectivity index (χ3n) is 5.19. The van der Waals surface area contributed by atoms with E-state index in [-0.39, 0.29) is 35.3 Å². The molecule has 12 heteroatoms. The van der Waals surface area contributed by atoms with Crippen molar-refractivity contribution in [2.24, 2.45) is 7.05 Å². The highest BCUT2D eigenvalue weighted by Crippen LogP contribution is 2.30. The lowest BCUT2D eigenvalue weighted by Gasteiger charge is -2.23. The van der Waals surface area contributed by atoms with Crippen molar-refractivity contribution >= 4 is 28.4 Å². The highest BCUT2D eigenvalue weighted by molar-refractivity contribution is 5.87. The molecule has 2 N–H and O–H groups in total. The molecular weight excluding hydrogens is 429 g/mol. The second kappa shape index (κ2) is 8.61. The van der Waals surface area contributed by atoms with Gasteiger partial charge in [0.15, 0.2) is 11.3 Å². The number of hydrogen-bond donors (Lipinski definition) is 2. The number of alkyl halides is 3. The Morgan fingerprint density at radius 3 is 2.56 bits per heavy atom. The monoisotopic (exact) mass is 450 g/mol. The van der Waals surface area contributed by atoms with E-state index in [9.17, 15) is 22.8 Å². The molecule has 1 saturated heterocycles. The molecule has 170 valence electrons. The number of hydrogen-bond acceptors (Lipinski definition) is 6. The highest BCUT2D eigenvalue weighted by atomic mass is 19.4. The lowest BCUT2D eigenvalue weighted by molar-refractivity contribution is -0.137. The molecule has 3 heterocycles. The second-order valence-corrected chi connectivity index (χ2v) is 7.50. The summed E-state index contributed by atoms with van der Waals surface area (Å²) in [6.07, 6.45) is -1.73. The minimum atomic E-state index is -4.43. The van der Waals surface area contributed by atoms with Crippen molar-refractivity contribution in [1.82, 2.24) is 24.6 Å². The molecule has 4 rings (SSSR count). The summed E-state index contributed by atoms with van der Waals surface area (Å²) in [7, 11) is 1.55. The van der Waals surface area contributed by atoms with Crippen LogP contribution in [0.5, 0.6) is 0 Å². The standard InChI is InChI=1S/C20H21F3N6O3/c1-28-17-16(18(27-28)26-13-4-2-12(3-5-13)20(21,22)23)24-11-29(19(17)31)10-15(30)25-14-6-8-32-9-7-14/h2-5,11,14H,6-10H2,1H3,(H,25,30)(H,26,27). The molecule has 0 radical (unpaired) electrons. The molecule has 1 aromatic carbocycles. The Morgan fingerprint density at radius 2 is 1.91 bits per heavy atom. The van der Waals surface area contributed by atoms with Crippen molar-refractivity contribution in [1.29, 1.82) is 0 Å². The van der Waals surface area contributed by atoms with E-state index >= 15 is 0 Å². The van der Waals surface area contributed by atoms with Crippen LogP contribution in [0.25, 0.3) is 11.0 Å². The first kappa shape index (κ1) is 21.8. The maximum atomic E-state index is 12.9. The van der Waals surface area contributed by atoms with Crippen LogP contribution in [0.3, 0.4) is 0 Å². The Morgan fingerprint density at radius 1 is 1.22 bits per heavy atom. The minimum Gasteiger partial charge on any atom is -0.381 e. The van der Waals surface area contributed by atoms with Gasteiger partial charge in [-0.3, -0.25) is 18.8 Å². The molecule has 0 bridgehead atoms. The molecule has 1 amide bonds. The normalized spacial score (nSPS) is 15.1. The fraction of sp³-hybridized carbons (Fsp3) is 0.400. The third kappa shape index (κ3) is 4.59. The van der Waals surface area contributed by atoms with E-state index in [0.29, 0.717) is 18.9 Å². The van der Waals surface area contributed by atoms with Gasteiger partial charge in [-0.25, -0.2) is 4.98 Å². The summed E-state index contributed by atoms with van der Waals surface area (Å²) >= 11 is 0. The molecule has 0 unspecified atom stereocenters. The number of ether oxygens (including phenoxy) is 1. The van der Waals surface area contributed by atoms with Gasteiger partial charge in [0.25, 0.3) is 5.56 Å². The maximum absolute atomic E-state index is 12.9. The molecule has 0 saturated carbocycles. The Hall–Kier alpha value is -3.41. The molecule has 2 aromatic heterocycles. The number of carbonyl (C=O) groups excluding carboxylic acids is 1. The zero-order valence-electron chi connectivity index (χ0n) is 17.1. The Labute approximate surface area is 180 Å². The SMILES string of the molecule is Cn1nc(Nc2ccc(C(F)(F)F)cc2)c2ncn(CC(=O)NC3CCOCC3)c(=O)c21. The average molecular weight is 450 g/mol. The van der Waals surface area contributed by atoms with E-state index in [1.165, 1.54) is 27.7 Å². The molecule has 0 spiro atoms. The largest absolute Gasteiger partial charge is 0.416 e. The summed E-state index contributed by atoms with van der Waals surface area (Å²) in [5, 5.41) is 10.00. The van der Waals surface area contributed by atoms with E-state index in [4.69, 9.17) is 4.74 Å². The first-order valence-corrected chi connectivity index (χ1v) is 9.96. The Balaban J connectivity index is 1.53. The van der Waals surface area contributed by atoms with Crippen LogP contribution in [-0.4, -0.2) is 44.5 Å². The smallest absolute Gasteiger partial charge is 0.381 e. The van der Waals surface area contributed by atoms with E-state index in [0.717, 1.165) is 25.0 Å². The van der Waals surface area contributed by atoms with Crippen LogP contribution in [0.1, 0.15) is 18.4 Å². The predicted molar refractivity (Wildman–Crippen MR) is 109 cm³/mol. The van der Waals surface area contributed by atoms with Gasteiger partial charge in [0.2, 0.25) is 5.91 Å². The quantitative estimate of drug-likeness (QED) is 0.618. The van der Waals surface area contributed by atoms with Crippen molar-refractivity contribution in [2.45, 2.75) is 31.6 Å². The Bertz CT molecular complexity index is 1180. The number of fused-ring (bicyclic) bond motifs is 1. The highest BCUT2D eigenvalue weighted by Gasteiger charge is 2.30. The number of amides is 1. The van der Waals surface area contributed by atoms with Crippen molar-refractivity contribution in [3.63, 3.8) is 0 Å². The molecule has 1 aliphatic heterocycles. The molecule has 1 fully saturated rings.